The van der Waals surface area contributed by atoms with E-state index in [9.17, 15) is 9.90 Å². The molecule has 0 radical (unpaired) electrons. The second-order valence-electron chi connectivity index (χ2n) is 4.57. The molecular weight excluding hydrogens is 308 g/mol. The van der Waals surface area contributed by atoms with Crippen molar-refractivity contribution in [1.82, 2.24) is 19.7 Å². The fraction of sp³-hybridized carbons (Fsp3) is 0.231. The van der Waals surface area contributed by atoms with Gasteiger partial charge in [-0.05, 0) is 13.8 Å². The number of carboxylic acid groups (broad SMARTS) is 1. The molecule has 6 nitrogen and oxygen atoms in total. The van der Waals surface area contributed by atoms with Gasteiger partial charge < -0.3 is 5.11 Å². The number of aryl methyl sites for hydroxylation is 3. The third kappa shape index (κ3) is 2.40. The Bertz CT molecular complexity index is 853. The lowest BCUT2D eigenvalue weighted by Crippen LogP contribution is -2.01. The molecule has 0 bridgehead atoms. The van der Waals surface area contributed by atoms with Gasteiger partial charge in [-0.3, -0.25) is 4.68 Å². The molecule has 0 aliphatic heterocycles. The minimum absolute atomic E-state index is 0.177. The summed E-state index contributed by atoms with van der Waals surface area (Å²) in [5, 5.41) is 16.5. The Labute approximate surface area is 128 Å². The first-order valence-corrected chi connectivity index (χ1v) is 7.82. The number of aromatic carboxylic acids is 1. The Hall–Kier alpha value is -1.93. The predicted molar refractivity (Wildman–Crippen MR) is 81.2 cm³/mol. The van der Waals surface area contributed by atoms with Gasteiger partial charge in [0.05, 0.1) is 16.6 Å². The van der Waals surface area contributed by atoms with Crippen molar-refractivity contribution in [2.24, 2.45) is 7.05 Å². The molecule has 0 spiro atoms. The number of nitrogens with zero attached hydrogens (tertiary/aromatic N) is 4. The highest BCUT2D eigenvalue weighted by molar-refractivity contribution is 8.01. The lowest BCUT2D eigenvalue weighted by molar-refractivity contribution is 0.0693. The van der Waals surface area contributed by atoms with Crippen molar-refractivity contribution in [3.05, 3.63) is 28.5 Å². The molecule has 1 N–H and O–H groups in total. The van der Waals surface area contributed by atoms with Gasteiger partial charge in [-0.25, -0.2) is 14.8 Å². The number of fused-ring (bicyclic) bond motifs is 1. The Balaban J connectivity index is 2.25. The van der Waals surface area contributed by atoms with Gasteiger partial charge in [0.1, 0.15) is 0 Å². The van der Waals surface area contributed by atoms with Crippen molar-refractivity contribution >= 4 is 40.1 Å². The van der Waals surface area contributed by atoms with Crippen LogP contribution in [0.25, 0.3) is 11.0 Å². The Morgan fingerprint density at radius 1 is 1.43 bits per heavy atom. The van der Waals surface area contributed by atoms with Crippen LogP contribution in [0.3, 0.4) is 0 Å². The van der Waals surface area contributed by atoms with Gasteiger partial charge in [0.25, 0.3) is 0 Å². The van der Waals surface area contributed by atoms with Crippen LogP contribution in [0, 0.1) is 13.8 Å². The number of carboxylic acids is 1. The van der Waals surface area contributed by atoms with Gasteiger partial charge in [-0.2, -0.15) is 5.10 Å². The predicted octanol–water partition coefficient (Wildman–Crippen LogP) is 2.89. The quantitative estimate of drug-likeness (QED) is 0.799. The van der Waals surface area contributed by atoms with E-state index in [0.717, 1.165) is 21.1 Å². The van der Waals surface area contributed by atoms with Gasteiger partial charge >= 0.3 is 5.97 Å². The molecule has 0 atom stereocenters. The number of hydrogen-bond donors (Lipinski definition) is 1. The fourth-order valence-electron chi connectivity index (χ4n) is 2.10. The van der Waals surface area contributed by atoms with Crippen LogP contribution in [0.4, 0.5) is 0 Å². The number of carbonyl (C=O) groups is 1. The molecule has 3 rings (SSSR count). The maximum absolute atomic E-state index is 11.5. The van der Waals surface area contributed by atoms with Crippen LogP contribution in [-0.4, -0.2) is 30.8 Å². The molecule has 0 aromatic carbocycles. The van der Waals surface area contributed by atoms with Gasteiger partial charge in [0.15, 0.2) is 9.99 Å². The molecule has 8 heteroatoms. The molecule has 3 aromatic heterocycles. The molecule has 3 aromatic rings. The van der Waals surface area contributed by atoms with E-state index < -0.39 is 5.97 Å². The second-order valence-corrected chi connectivity index (χ2v) is 6.69. The van der Waals surface area contributed by atoms with Gasteiger partial charge in [-0.15, -0.1) is 11.3 Å². The Kier molecular flexibility index (Phi) is 3.42. The standard InChI is InChI=1S/C13H12N4O2S2/c1-6-5-20-13(15-6)21-10-8(12(18)19)4-14-11-9(10)7(2)16-17(11)3/h4-5H,1-3H3,(H,18,19). The third-order valence-electron chi connectivity index (χ3n) is 3.00. The van der Waals surface area contributed by atoms with Crippen LogP contribution in [-0.2, 0) is 7.05 Å². The van der Waals surface area contributed by atoms with Crippen LogP contribution >= 0.6 is 23.1 Å². The van der Waals surface area contributed by atoms with Crippen molar-refractivity contribution in [3.63, 3.8) is 0 Å². The normalized spacial score (nSPS) is 11.2. The van der Waals surface area contributed by atoms with E-state index in [1.807, 2.05) is 19.2 Å². The molecule has 108 valence electrons. The van der Waals surface area contributed by atoms with Gasteiger partial charge in [0, 0.05) is 29.2 Å². The zero-order valence-electron chi connectivity index (χ0n) is 11.6. The Morgan fingerprint density at radius 3 is 2.81 bits per heavy atom. The van der Waals surface area contributed by atoms with Crippen LogP contribution in [0.5, 0.6) is 0 Å². The molecule has 0 aliphatic carbocycles. The summed E-state index contributed by atoms with van der Waals surface area (Å²) < 4.78 is 2.47. The lowest BCUT2D eigenvalue weighted by atomic mass is 10.2. The lowest BCUT2D eigenvalue weighted by Gasteiger charge is -2.06. The molecule has 0 amide bonds. The third-order valence-corrected chi connectivity index (χ3v) is 5.18. The number of pyridine rings is 1. The summed E-state index contributed by atoms with van der Waals surface area (Å²) in [7, 11) is 1.80. The van der Waals surface area contributed by atoms with E-state index >= 15 is 0 Å². The summed E-state index contributed by atoms with van der Waals surface area (Å²) in [4.78, 5) is 20.7. The van der Waals surface area contributed by atoms with Crippen LogP contribution < -0.4 is 0 Å². The van der Waals surface area contributed by atoms with E-state index in [2.05, 4.69) is 15.1 Å². The summed E-state index contributed by atoms with van der Waals surface area (Å²) in [5.74, 6) is -0.997. The summed E-state index contributed by atoms with van der Waals surface area (Å²) in [6.45, 7) is 3.77. The molecule has 0 aliphatic rings. The molecule has 0 saturated heterocycles. The maximum atomic E-state index is 11.5. The summed E-state index contributed by atoms with van der Waals surface area (Å²) in [6.07, 6.45) is 1.38. The molecule has 21 heavy (non-hydrogen) atoms. The van der Waals surface area contributed by atoms with Crippen LogP contribution in [0.15, 0.2) is 20.8 Å². The molecule has 3 heterocycles. The van der Waals surface area contributed by atoms with Crippen molar-refractivity contribution in [1.29, 1.82) is 0 Å². The zero-order chi connectivity index (χ0) is 15.1. The number of rotatable bonds is 3. The van der Waals surface area contributed by atoms with E-state index in [-0.39, 0.29) is 5.56 Å². The smallest absolute Gasteiger partial charge is 0.338 e. The first-order chi connectivity index (χ1) is 9.97. The van der Waals surface area contributed by atoms with E-state index in [0.29, 0.717) is 10.5 Å². The second kappa shape index (κ2) is 5.12. The molecular formula is C13H12N4O2S2. The fourth-order valence-corrected chi connectivity index (χ4v) is 4.17. The highest BCUT2D eigenvalue weighted by atomic mass is 32.2. The first kappa shape index (κ1) is 14.0. The average molecular weight is 320 g/mol. The first-order valence-electron chi connectivity index (χ1n) is 6.13. The van der Waals surface area contributed by atoms with Crippen molar-refractivity contribution in [2.75, 3.05) is 0 Å². The highest BCUT2D eigenvalue weighted by Gasteiger charge is 2.21. The van der Waals surface area contributed by atoms with Gasteiger partial charge in [-0.1, -0.05) is 11.8 Å². The van der Waals surface area contributed by atoms with E-state index in [1.54, 1.807) is 11.7 Å². The van der Waals surface area contributed by atoms with Gasteiger partial charge in [0.2, 0.25) is 0 Å². The monoisotopic (exact) mass is 320 g/mol. The topological polar surface area (TPSA) is 80.9 Å². The molecule has 0 unspecified atom stereocenters. The Morgan fingerprint density at radius 2 is 2.19 bits per heavy atom. The van der Waals surface area contributed by atoms with E-state index in [1.165, 1.54) is 29.3 Å². The molecule has 0 fully saturated rings. The maximum Gasteiger partial charge on any atom is 0.338 e. The largest absolute Gasteiger partial charge is 0.478 e. The van der Waals surface area contributed by atoms with Crippen molar-refractivity contribution in [3.8, 4) is 0 Å². The van der Waals surface area contributed by atoms with E-state index in [4.69, 9.17) is 0 Å². The minimum atomic E-state index is -0.997. The summed E-state index contributed by atoms with van der Waals surface area (Å²) in [5.41, 5.74) is 2.54. The number of thiazole rings is 1. The zero-order valence-corrected chi connectivity index (χ0v) is 13.2. The number of aromatic nitrogens is 4. The number of hydrogen-bond acceptors (Lipinski definition) is 6. The SMILES string of the molecule is Cc1csc(Sc2c(C(=O)O)cnc3c2c(C)nn3C)n1. The van der Waals surface area contributed by atoms with Crippen molar-refractivity contribution in [2.45, 2.75) is 23.1 Å². The van der Waals surface area contributed by atoms with Crippen molar-refractivity contribution < 1.29 is 9.90 Å². The highest BCUT2D eigenvalue weighted by Crippen LogP contribution is 2.38. The van der Waals surface area contributed by atoms with Crippen LogP contribution in [0.1, 0.15) is 21.7 Å². The summed E-state index contributed by atoms with van der Waals surface area (Å²) in [6, 6.07) is 0. The molecule has 0 saturated carbocycles. The minimum Gasteiger partial charge on any atom is -0.478 e. The summed E-state index contributed by atoms with van der Waals surface area (Å²) >= 11 is 2.85. The average Bonchev–Trinajstić information content (AvgIpc) is 2.94. The van der Waals surface area contributed by atoms with Crippen LogP contribution in [0.2, 0.25) is 0 Å².